The lowest BCUT2D eigenvalue weighted by Crippen LogP contribution is -2.33. The van der Waals surface area contributed by atoms with Crippen LogP contribution in [0.15, 0.2) is 66.2 Å². The second-order valence-corrected chi connectivity index (χ2v) is 8.13. The highest BCUT2D eigenvalue weighted by molar-refractivity contribution is 8.15. The van der Waals surface area contributed by atoms with Gasteiger partial charge in [-0.1, -0.05) is 30.0 Å². The van der Waals surface area contributed by atoms with Gasteiger partial charge in [0.1, 0.15) is 5.25 Å². The minimum atomic E-state index is -0.551. The van der Waals surface area contributed by atoms with Crippen LogP contribution in [0.25, 0.3) is 0 Å². The molecule has 0 aliphatic carbocycles. The van der Waals surface area contributed by atoms with Crippen molar-refractivity contribution in [1.29, 1.82) is 0 Å². The van der Waals surface area contributed by atoms with E-state index in [0.29, 0.717) is 28.7 Å². The van der Waals surface area contributed by atoms with Gasteiger partial charge in [0.15, 0.2) is 11.0 Å². The summed E-state index contributed by atoms with van der Waals surface area (Å²) in [6.07, 6.45) is 1.68. The summed E-state index contributed by atoms with van der Waals surface area (Å²) in [5.41, 5.74) is 2.98. The van der Waals surface area contributed by atoms with Crippen molar-refractivity contribution in [2.75, 3.05) is 11.9 Å². The SMILES string of the molecule is C=CCN1C(=O)[C@@H](CC(=O)Nc2cccc(C)c2)SC1=Nc1ccc(C(C)=O)cc1. The van der Waals surface area contributed by atoms with Gasteiger partial charge in [-0.2, -0.15) is 0 Å². The lowest BCUT2D eigenvalue weighted by molar-refractivity contribution is -0.127. The van der Waals surface area contributed by atoms with Crippen LogP contribution in [-0.4, -0.2) is 39.5 Å². The molecule has 1 fully saturated rings. The number of hydrogen-bond acceptors (Lipinski definition) is 5. The van der Waals surface area contributed by atoms with E-state index in [4.69, 9.17) is 0 Å². The summed E-state index contributed by atoms with van der Waals surface area (Å²) in [6.45, 7) is 7.47. The largest absolute Gasteiger partial charge is 0.326 e. The Hall–Kier alpha value is -3.19. The van der Waals surface area contributed by atoms with Crippen molar-refractivity contribution in [2.45, 2.75) is 25.5 Å². The number of anilines is 1. The molecule has 6 nitrogen and oxygen atoms in total. The zero-order valence-electron chi connectivity index (χ0n) is 16.9. The average molecular weight is 422 g/mol. The van der Waals surface area contributed by atoms with Crippen LogP contribution in [0.1, 0.15) is 29.3 Å². The molecule has 0 saturated carbocycles. The fraction of sp³-hybridized carbons (Fsp3) is 0.217. The molecule has 1 aliphatic rings. The van der Waals surface area contributed by atoms with Gasteiger partial charge >= 0.3 is 0 Å². The van der Waals surface area contributed by atoms with Crippen molar-refractivity contribution in [3.8, 4) is 0 Å². The van der Waals surface area contributed by atoms with E-state index < -0.39 is 5.25 Å². The minimum Gasteiger partial charge on any atom is -0.326 e. The Morgan fingerprint density at radius 3 is 2.60 bits per heavy atom. The first kappa shape index (κ1) is 21.5. The number of carbonyl (C=O) groups excluding carboxylic acids is 3. The molecule has 0 spiro atoms. The fourth-order valence-corrected chi connectivity index (χ4v) is 4.17. The number of carbonyl (C=O) groups is 3. The number of aryl methyl sites for hydroxylation is 1. The number of aliphatic imine (C=N–C) groups is 1. The Kier molecular flexibility index (Phi) is 6.84. The van der Waals surface area contributed by atoms with E-state index in [1.807, 2.05) is 31.2 Å². The van der Waals surface area contributed by atoms with Crippen molar-refractivity contribution in [1.82, 2.24) is 4.90 Å². The summed E-state index contributed by atoms with van der Waals surface area (Å²) in [5.74, 6) is -0.414. The summed E-state index contributed by atoms with van der Waals surface area (Å²) in [4.78, 5) is 42.8. The van der Waals surface area contributed by atoms with Crippen LogP contribution in [-0.2, 0) is 9.59 Å². The van der Waals surface area contributed by atoms with Gasteiger partial charge in [0.25, 0.3) is 0 Å². The van der Waals surface area contributed by atoms with Crippen LogP contribution in [0.4, 0.5) is 11.4 Å². The minimum absolute atomic E-state index is 0.0207. The molecule has 1 heterocycles. The fourth-order valence-electron chi connectivity index (χ4n) is 3.01. The number of Topliss-reactive ketones (excluding diaryl/α,β-unsaturated/α-hetero) is 1. The predicted molar refractivity (Wildman–Crippen MR) is 121 cm³/mol. The molecule has 2 amide bonds. The maximum Gasteiger partial charge on any atom is 0.242 e. The lowest BCUT2D eigenvalue weighted by Gasteiger charge is -2.14. The van der Waals surface area contributed by atoms with E-state index in [1.54, 1.807) is 30.3 Å². The van der Waals surface area contributed by atoms with Crippen LogP contribution in [0.3, 0.4) is 0 Å². The van der Waals surface area contributed by atoms with Gasteiger partial charge < -0.3 is 5.32 Å². The summed E-state index contributed by atoms with van der Waals surface area (Å²) in [6, 6.07) is 14.4. The first-order valence-electron chi connectivity index (χ1n) is 9.52. The maximum atomic E-state index is 12.8. The number of amidine groups is 1. The third-order valence-electron chi connectivity index (χ3n) is 4.50. The van der Waals surface area contributed by atoms with E-state index in [2.05, 4.69) is 16.9 Å². The zero-order valence-corrected chi connectivity index (χ0v) is 17.7. The quantitative estimate of drug-likeness (QED) is 0.533. The number of rotatable bonds is 7. The van der Waals surface area contributed by atoms with Gasteiger partial charge in [-0.3, -0.25) is 19.3 Å². The van der Waals surface area contributed by atoms with Crippen molar-refractivity contribution in [3.63, 3.8) is 0 Å². The maximum absolute atomic E-state index is 12.8. The number of amides is 2. The molecule has 1 saturated heterocycles. The molecule has 30 heavy (non-hydrogen) atoms. The van der Waals surface area contributed by atoms with Gasteiger partial charge in [-0.25, -0.2) is 4.99 Å². The highest BCUT2D eigenvalue weighted by Crippen LogP contribution is 2.32. The molecule has 0 aromatic heterocycles. The number of nitrogens with one attached hydrogen (secondary N) is 1. The van der Waals surface area contributed by atoms with Gasteiger partial charge in [-0.05, 0) is 55.8 Å². The number of ketones is 1. The van der Waals surface area contributed by atoms with Gasteiger partial charge in [0.2, 0.25) is 11.8 Å². The molecule has 7 heteroatoms. The number of thioether (sulfide) groups is 1. The topological polar surface area (TPSA) is 78.8 Å². The van der Waals surface area contributed by atoms with Crippen molar-refractivity contribution < 1.29 is 14.4 Å². The van der Waals surface area contributed by atoms with Gasteiger partial charge in [0, 0.05) is 24.2 Å². The summed E-state index contributed by atoms with van der Waals surface area (Å²) in [7, 11) is 0. The standard InChI is InChI=1S/C23H23N3O3S/c1-4-12-26-22(29)20(14-21(28)24-19-7-5-6-15(2)13-19)30-23(26)25-18-10-8-17(9-11-18)16(3)27/h4-11,13,20H,1,12,14H2,2-3H3,(H,24,28)/t20-/m1/s1. The predicted octanol–water partition coefficient (Wildman–Crippen LogP) is 4.34. The zero-order chi connectivity index (χ0) is 21.7. The molecule has 0 radical (unpaired) electrons. The summed E-state index contributed by atoms with van der Waals surface area (Å²) < 4.78 is 0. The Bertz CT molecular complexity index is 1010. The average Bonchev–Trinajstić information content (AvgIpc) is 2.97. The summed E-state index contributed by atoms with van der Waals surface area (Å²) >= 11 is 1.27. The lowest BCUT2D eigenvalue weighted by atomic mass is 10.1. The van der Waals surface area contributed by atoms with E-state index in [9.17, 15) is 14.4 Å². The van der Waals surface area contributed by atoms with E-state index in [1.165, 1.54) is 23.6 Å². The highest BCUT2D eigenvalue weighted by atomic mass is 32.2. The van der Waals surface area contributed by atoms with E-state index >= 15 is 0 Å². The number of nitrogens with zero attached hydrogens (tertiary/aromatic N) is 2. The highest BCUT2D eigenvalue weighted by Gasteiger charge is 2.38. The van der Waals surface area contributed by atoms with Crippen molar-refractivity contribution >= 4 is 45.9 Å². The first-order chi connectivity index (χ1) is 14.4. The molecule has 0 unspecified atom stereocenters. The van der Waals surface area contributed by atoms with Crippen LogP contribution in [0.5, 0.6) is 0 Å². The molecular formula is C23H23N3O3S. The van der Waals surface area contributed by atoms with Gasteiger partial charge in [0.05, 0.1) is 5.69 Å². The molecule has 3 rings (SSSR count). The monoisotopic (exact) mass is 421 g/mol. The van der Waals surface area contributed by atoms with Crippen molar-refractivity contribution in [2.24, 2.45) is 4.99 Å². The molecular weight excluding hydrogens is 398 g/mol. The normalized spacial score (nSPS) is 17.3. The number of benzene rings is 2. The second kappa shape index (κ2) is 9.54. The van der Waals surface area contributed by atoms with Gasteiger partial charge in [-0.15, -0.1) is 6.58 Å². The third kappa shape index (κ3) is 5.24. The summed E-state index contributed by atoms with van der Waals surface area (Å²) in [5, 5.41) is 2.81. The van der Waals surface area contributed by atoms with Crippen LogP contribution >= 0.6 is 11.8 Å². The Labute approximate surface area is 180 Å². The van der Waals surface area contributed by atoms with Crippen LogP contribution < -0.4 is 5.32 Å². The second-order valence-electron chi connectivity index (χ2n) is 6.96. The van der Waals surface area contributed by atoms with Crippen LogP contribution in [0.2, 0.25) is 0 Å². The smallest absolute Gasteiger partial charge is 0.242 e. The molecule has 1 N–H and O–H groups in total. The molecule has 0 bridgehead atoms. The van der Waals surface area contributed by atoms with Crippen LogP contribution in [0, 0.1) is 6.92 Å². The molecule has 1 atom stereocenters. The Morgan fingerprint density at radius 1 is 1.23 bits per heavy atom. The van der Waals surface area contributed by atoms with E-state index in [0.717, 1.165) is 5.56 Å². The Balaban J connectivity index is 1.74. The Morgan fingerprint density at radius 2 is 1.97 bits per heavy atom. The molecule has 1 aliphatic heterocycles. The third-order valence-corrected chi connectivity index (χ3v) is 5.68. The molecule has 2 aromatic carbocycles. The van der Waals surface area contributed by atoms with E-state index in [-0.39, 0.29) is 24.0 Å². The number of hydrogen-bond donors (Lipinski definition) is 1. The molecule has 154 valence electrons. The first-order valence-corrected chi connectivity index (χ1v) is 10.4. The molecule has 2 aromatic rings. The van der Waals surface area contributed by atoms with Crippen molar-refractivity contribution in [3.05, 3.63) is 72.3 Å².